The maximum absolute atomic E-state index is 11.6. The Labute approximate surface area is 83.5 Å². The van der Waals surface area contributed by atoms with E-state index in [4.69, 9.17) is 5.53 Å². The highest BCUT2D eigenvalue weighted by molar-refractivity contribution is 5.73. The highest BCUT2D eigenvalue weighted by Crippen LogP contribution is 2.11. The van der Waals surface area contributed by atoms with E-state index in [1.165, 1.54) is 0 Å². The van der Waals surface area contributed by atoms with Gasteiger partial charge in [-0.05, 0) is 12.0 Å². The van der Waals surface area contributed by atoms with Crippen LogP contribution in [0.15, 0.2) is 5.11 Å². The summed E-state index contributed by atoms with van der Waals surface area (Å²) < 4.78 is 34.8. The van der Waals surface area contributed by atoms with Gasteiger partial charge in [-0.3, -0.25) is 0 Å². The fourth-order valence-corrected chi connectivity index (χ4v) is 0.639. The SMILES string of the molecule is [N-]=[N+]=NCCCNC(=O)NCC(F)(F)F. The highest BCUT2D eigenvalue weighted by atomic mass is 19.4. The first-order valence-corrected chi connectivity index (χ1v) is 4.05. The van der Waals surface area contributed by atoms with Crippen molar-refractivity contribution in [3.63, 3.8) is 0 Å². The quantitative estimate of drug-likeness (QED) is 0.316. The molecule has 0 aliphatic heterocycles. The molecule has 0 rings (SSSR count). The number of hydrogen-bond acceptors (Lipinski definition) is 2. The van der Waals surface area contributed by atoms with Gasteiger partial charge >= 0.3 is 12.2 Å². The third-order valence-electron chi connectivity index (χ3n) is 1.23. The Kier molecular flexibility index (Phi) is 6.03. The van der Waals surface area contributed by atoms with Crippen LogP contribution in [0.1, 0.15) is 6.42 Å². The van der Waals surface area contributed by atoms with Gasteiger partial charge in [0.2, 0.25) is 0 Å². The molecule has 0 bridgehead atoms. The first-order valence-electron chi connectivity index (χ1n) is 4.05. The molecule has 0 atom stereocenters. The zero-order valence-electron chi connectivity index (χ0n) is 7.71. The number of carbonyl (C=O) groups excluding carboxylic acids is 1. The summed E-state index contributed by atoms with van der Waals surface area (Å²) in [6, 6.07) is -0.895. The summed E-state index contributed by atoms with van der Waals surface area (Å²) in [4.78, 5) is 13.2. The minimum Gasteiger partial charge on any atom is -0.338 e. The lowest BCUT2D eigenvalue weighted by molar-refractivity contribution is -0.122. The van der Waals surface area contributed by atoms with Crippen molar-refractivity contribution in [1.82, 2.24) is 10.6 Å². The minimum atomic E-state index is -4.41. The number of carbonyl (C=O) groups is 1. The monoisotopic (exact) mass is 225 g/mol. The Balaban J connectivity index is 3.46. The van der Waals surface area contributed by atoms with E-state index < -0.39 is 18.8 Å². The first kappa shape index (κ1) is 13.4. The van der Waals surface area contributed by atoms with E-state index in [0.29, 0.717) is 6.42 Å². The summed E-state index contributed by atoms with van der Waals surface area (Å²) >= 11 is 0. The topological polar surface area (TPSA) is 89.9 Å². The summed E-state index contributed by atoms with van der Waals surface area (Å²) in [5.74, 6) is 0. The fourth-order valence-electron chi connectivity index (χ4n) is 0.639. The van der Waals surface area contributed by atoms with Crippen LogP contribution in [-0.2, 0) is 0 Å². The maximum atomic E-state index is 11.6. The van der Waals surface area contributed by atoms with Crippen LogP contribution in [0.3, 0.4) is 0 Å². The molecule has 0 heterocycles. The molecule has 0 aromatic heterocycles. The lowest BCUT2D eigenvalue weighted by atomic mass is 10.4. The molecule has 0 saturated heterocycles. The van der Waals surface area contributed by atoms with E-state index >= 15 is 0 Å². The molecule has 0 spiro atoms. The highest BCUT2D eigenvalue weighted by Gasteiger charge is 2.27. The zero-order chi connectivity index (χ0) is 11.7. The molecule has 2 amide bonds. The second-order valence-electron chi connectivity index (χ2n) is 2.53. The largest absolute Gasteiger partial charge is 0.405 e. The third-order valence-corrected chi connectivity index (χ3v) is 1.23. The molecule has 0 fully saturated rings. The number of nitrogens with one attached hydrogen (secondary N) is 2. The number of urea groups is 1. The van der Waals surface area contributed by atoms with Crippen LogP contribution in [0, 0.1) is 0 Å². The van der Waals surface area contributed by atoms with E-state index in [9.17, 15) is 18.0 Å². The van der Waals surface area contributed by atoms with E-state index in [0.717, 1.165) is 0 Å². The smallest absolute Gasteiger partial charge is 0.338 e. The molecule has 86 valence electrons. The Hall–Kier alpha value is -1.63. The van der Waals surface area contributed by atoms with Gasteiger partial charge in [0.05, 0.1) is 0 Å². The molecule has 0 aromatic carbocycles. The van der Waals surface area contributed by atoms with Gasteiger partial charge < -0.3 is 10.6 Å². The van der Waals surface area contributed by atoms with Gasteiger partial charge in [0.1, 0.15) is 6.54 Å². The second kappa shape index (κ2) is 6.77. The Morgan fingerprint density at radius 1 is 1.40 bits per heavy atom. The van der Waals surface area contributed by atoms with Crippen molar-refractivity contribution in [3.8, 4) is 0 Å². The molecule has 0 saturated carbocycles. The average molecular weight is 225 g/mol. The summed E-state index contributed by atoms with van der Waals surface area (Å²) in [7, 11) is 0. The van der Waals surface area contributed by atoms with E-state index in [1.807, 2.05) is 0 Å². The van der Waals surface area contributed by atoms with Crippen molar-refractivity contribution in [2.75, 3.05) is 19.6 Å². The molecule has 0 radical (unpaired) electrons. The van der Waals surface area contributed by atoms with Gasteiger partial charge in [-0.1, -0.05) is 5.11 Å². The molecule has 15 heavy (non-hydrogen) atoms. The van der Waals surface area contributed by atoms with Gasteiger partial charge in [-0.25, -0.2) is 4.79 Å². The first-order chi connectivity index (χ1) is 6.95. The number of nitrogens with zero attached hydrogens (tertiary/aromatic N) is 3. The molecule has 9 heteroatoms. The van der Waals surface area contributed by atoms with Crippen LogP contribution in [-0.4, -0.2) is 31.8 Å². The number of azide groups is 1. The fraction of sp³-hybridized carbons (Fsp3) is 0.833. The van der Waals surface area contributed by atoms with Gasteiger partial charge in [-0.15, -0.1) is 0 Å². The Bertz CT molecular complexity index is 248. The van der Waals surface area contributed by atoms with Gasteiger partial charge in [-0.2, -0.15) is 13.2 Å². The molecular weight excluding hydrogens is 215 g/mol. The van der Waals surface area contributed by atoms with Gasteiger partial charge in [0.15, 0.2) is 0 Å². The van der Waals surface area contributed by atoms with Crippen LogP contribution >= 0.6 is 0 Å². The zero-order valence-corrected chi connectivity index (χ0v) is 7.71. The lowest BCUT2D eigenvalue weighted by Crippen LogP contribution is -2.41. The van der Waals surface area contributed by atoms with Gasteiger partial charge in [0.25, 0.3) is 0 Å². The standard InChI is InChI=1S/C6H10F3N5O/c7-6(8,9)4-12-5(15)11-2-1-3-13-14-10/h1-4H2,(H2,11,12,15). The Morgan fingerprint density at radius 2 is 2.07 bits per heavy atom. The molecule has 0 aliphatic rings. The summed E-state index contributed by atoms with van der Waals surface area (Å²) in [5, 5.41) is 7.00. The van der Waals surface area contributed by atoms with Crippen molar-refractivity contribution >= 4 is 6.03 Å². The molecule has 0 aliphatic carbocycles. The number of rotatable bonds is 5. The van der Waals surface area contributed by atoms with Crippen LogP contribution in [0.5, 0.6) is 0 Å². The normalized spacial score (nSPS) is 10.3. The predicted octanol–water partition coefficient (Wildman–Crippen LogP) is 1.55. The van der Waals surface area contributed by atoms with Crippen molar-refractivity contribution in [2.45, 2.75) is 12.6 Å². The van der Waals surface area contributed by atoms with E-state index in [2.05, 4.69) is 15.3 Å². The lowest BCUT2D eigenvalue weighted by Gasteiger charge is -2.08. The number of amides is 2. The Morgan fingerprint density at radius 3 is 2.60 bits per heavy atom. The second-order valence-corrected chi connectivity index (χ2v) is 2.53. The number of hydrogen-bond donors (Lipinski definition) is 2. The van der Waals surface area contributed by atoms with Crippen LogP contribution in [0.4, 0.5) is 18.0 Å². The summed E-state index contributed by atoms with van der Waals surface area (Å²) in [6.07, 6.45) is -4.04. The van der Waals surface area contributed by atoms with Crippen molar-refractivity contribution in [2.24, 2.45) is 5.11 Å². The summed E-state index contributed by atoms with van der Waals surface area (Å²) in [5.41, 5.74) is 7.88. The van der Waals surface area contributed by atoms with E-state index in [1.54, 1.807) is 5.32 Å². The molecule has 6 nitrogen and oxygen atoms in total. The molecule has 0 aromatic rings. The van der Waals surface area contributed by atoms with Crippen LogP contribution < -0.4 is 10.6 Å². The number of halogens is 3. The van der Waals surface area contributed by atoms with Crippen molar-refractivity contribution in [3.05, 3.63) is 10.4 Å². The summed E-state index contributed by atoms with van der Waals surface area (Å²) in [6.45, 7) is -1.02. The molecule has 0 unspecified atom stereocenters. The predicted molar refractivity (Wildman–Crippen MR) is 46.1 cm³/mol. The van der Waals surface area contributed by atoms with Crippen LogP contribution in [0.2, 0.25) is 0 Å². The van der Waals surface area contributed by atoms with Gasteiger partial charge in [0, 0.05) is 18.0 Å². The third kappa shape index (κ3) is 10.3. The average Bonchev–Trinajstić information content (AvgIpc) is 2.13. The molecular formula is C6H10F3N5O. The number of alkyl halides is 3. The van der Waals surface area contributed by atoms with Crippen LogP contribution in [0.25, 0.3) is 10.4 Å². The molecule has 2 N–H and O–H groups in total. The maximum Gasteiger partial charge on any atom is 0.405 e. The van der Waals surface area contributed by atoms with Crippen molar-refractivity contribution < 1.29 is 18.0 Å². The van der Waals surface area contributed by atoms with Crippen molar-refractivity contribution in [1.29, 1.82) is 0 Å². The van der Waals surface area contributed by atoms with E-state index in [-0.39, 0.29) is 13.1 Å². The minimum absolute atomic E-state index is 0.155.